The van der Waals surface area contributed by atoms with E-state index in [4.69, 9.17) is 4.42 Å². The molecule has 4 nitrogen and oxygen atoms in total. The summed E-state index contributed by atoms with van der Waals surface area (Å²) in [6.07, 6.45) is 1.27. The minimum atomic E-state index is 0.259. The fourth-order valence-corrected chi connectivity index (χ4v) is 4.38. The van der Waals surface area contributed by atoms with Crippen molar-refractivity contribution in [3.8, 4) is 0 Å². The van der Waals surface area contributed by atoms with Crippen molar-refractivity contribution in [3.63, 3.8) is 0 Å². The summed E-state index contributed by atoms with van der Waals surface area (Å²) in [5.74, 6) is 0. The number of aromatic nitrogens is 1. The minimum Gasteiger partial charge on any atom is -0.435 e. The first kappa shape index (κ1) is 16.2. The summed E-state index contributed by atoms with van der Waals surface area (Å²) in [6.45, 7) is 6.39. The Morgan fingerprint density at radius 3 is 2.48 bits per heavy atom. The van der Waals surface area contributed by atoms with Crippen LogP contribution in [0.25, 0.3) is 22.1 Å². The molecule has 2 aromatic heterocycles. The van der Waals surface area contributed by atoms with Gasteiger partial charge in [0, 0.05) is 23.5 Å². The Balaban J connectivity index is 1.84. The van der Waals surface area contributed by atoms with Crippen LogP contribution in [0.3, 0.4) is 0 Å². The van der Waals surface area contributed by atoms with E-state index in [1.165, 1.54) is 16.9 Å². The molecule has 4 aromatic rings. The van der Waals surface area contributed by atoms with Gasteiger partial charge in [-0.2, -0.15) is 0 Å². The van der Waals surface area contributed by atoms with Crippen molar-refractivity contribution in [2.24, 2.45) is 0 Å². The number of hydrogen-bond acceptors (Lipinski definition) is 4. The number of anilines is 3. The second-order valence-corrected chi connectivity index (χ2v) is 7.37. The summed E-state index contributed by atoms with van der Waals surface area (Å²) >= 11 is 0. The number of benzene rings is 2. The van der Waals surface area contributed by atoms with Crippen LogP contribution in [0.2, 0.25) is 0 Å². The molecule has 1 unspecified atom stereocenters. The van der Waals surface area contributed by atoms with E-state index >= 15 is 0 Å². The second kappa shape index (κ2) is 5.74. The van der Waals surface area contributed by atoms with Gasteiger partial charge >= 0.3 is 0 Å². The first-order valence-electron chi connectivity index (χ1n) is 9.50. The summed E-state index contributed by atoms with van der Waals surface area (Å²) in [5.41, 5.74) is 7.45. The second-order valence-electron chi connectivity index (χ2n) is 7.37. The van der Waals surface area contributed by atoms with Gasteiger partial charge < -0.3 is 14.2 Å². The van der Waals surface area contributed by atoms with Crippen LogP contribution >= 0.6 is 0 Å². The van der Waals surface area contributed by atoms with Gasteiger partial charge in [-0.3, -0.25) is 0 Å². The van der Waals surface area contributed by atoms with Crippen molar-refractivity contribution in [3.05, 3.63) is 59.8 Å². The molecule has 4 heteroatoms. The van der Waals surface area contributed by atoms with E-state index in [0.717, 1.165) is 34.2 Å². The quantitative estimate of drug-likeness (QED) is 0.446. The highest BCUT2D eigenvalue weighted by Crippen LogP contribution is 2.48. The predicted octanol–water partition coefficient (Wildman–Crippen LogP) is 5.92. The molecule has 136 valence electrons. The van der Waals surface area contributed by atoms with Crippen molar-refractivity contribution >= 4 is 39.1 Å². The standard InChI is InChI=1S/C23H23N3O/c1-5-20-25(4)18-8-6-7-9-19(18)26(20)21-14(2)10-12-16-17-13-11-15(3)24-23(17)27-22(16)21/h6-13,20H,5H2,1-4H3. The van der Waals surface area contributed by atoms with E-state index in [1.54, 1.807) is 0 Å². The number of rotatable bonds is 2. The number of furan rings is 1. The third kappa shape index (κ3) is 2.19. The van der Waals surface area contributed by atoms with Crippen LogP contribution in [-0.4, -0.2) is 18.2 Å². The molecule has 1 atom stereocenters. The molecule has 2 aromatic carbocycles. The molecule has 0 bridgehead atoms. The van der Waals surface area contributed by atoms with Crippen molar-refractivity contribution in [1.29, 1.82) is 0 Å². The van der Waals surface area contributed by atoms with Gasteiger partial charge in [0.2, 0.25) is 5.71 Å². The molecule has 0 N–H and O–H groups in total. The van der Waals surface area contributed by atoms with E-state index in [2.05, 4.69) is 78.1 Å². The Bertz CT molecular complexity index is 1180. The Hall–Kier alpha value is -3.01. The maximum Gasteiger partial charge on any atom is 0.227 e. The van der Waals surface area contributed by atoms with E-state index < -0.39 is 0 Å². The molecule has 0 saturated carbocycles. The molecule has 0 spiro atoms. The van der Waals surface area contributed by atoms with Gasteiger partial charge in [0.05, 0.1) is 17.1 Å². The molecule has 27 heavy (non-hydrogen) atoms. The minimum absolute atomic E-state index is 0.259. The number of fused-ring (bicyclic) bond motifs is 4. The zero-order valence-corrected chi connectivity index (χ0v) is 16.2. The third-order valence-corrected chi connectivity index (χ3v) is 5.69. The summed E-state index contributed by atoms with van der Waals surface area (Å²) in [7, 11) is 2.17. The number of para-hydroxylation sites is 2. The molecular weight excluding hydrogens is 334 g/mol. The summed E-state index contributed by atoms with van der Waals surface area (Å²) in [5, 5.41) is 2.20. The topological polar surface area (TPSA) is 32.5 Å². The van der Waals surface area contributed by atoms with Crippen LogP contribution < -0.4 is 9.80 Å². The Kier molecular flexibility index (Phi) is 3.44. The normalized spacial score (nSPS) is 16.5. The lowest BCUT2D eigenvalue weighted by atomic mass is 10.1. The van der Waals surface area contributed by atoms with E-state index in [9.17, 15) is 0 Å². The highest BCUT2D eigenvalue weighted by molar-refractivity contribution is 6.10. The van der Waals surface area contributed by atoms with Crippen LogP contribution in [0.1, 0.15) is 24.6 Å². The highest BCUT2D eigenvalue weighted by Gasteiger charge is 2.35. The summed E-state index contributed by atoms with van der Waals surface area (Å²) < 4.78 is 6.33. The molecule has 1 aliphatic heterocycles. The number of hydrogen-bond donors (Lipinski definition) is 0. The van der Waals surface area contributed by atoms with Gasteiger partial charge in [0.1, 0.15) is 6.17 Å². The van der Waals surface area contributed by atoms with Crippen molar-refractivity contribution in [1.82, 2.24) is 4.98 Å². The van der Waals surface area contributed by atoms with E-state index in [0.29, 0.717) is 5.71 Å². The van der Waals surface area contributed by atoms with Crippen LogP contribution in [-0.2, 0) is 0 Å². The van der Waals surface area contributed by atoms with Gasteiger partial charge in [0.25, 0.3) is 0 Å². The number of nitrogens with zero attached hydrogens (tertiary/aromatic N) is 3. The predicted molar refractivity (Wildman–Crippen MR) is 112 cm³/mol. The molecule has 0 radical (unpaired) electrons. The molecule has 0 fully saturated rings. The Labute approximate surface area is 159 Å². The largest absolute Gasteiger partial charge is 0.435 e. The maximum absolute atomic E-state index is 6.33. The van der Waals surface area contributed by atoms with Gasteiger partial charge in [-0.1, -0.05) is 31.2 Å². The lowest BCUT2D eigenvalue weighted by molar-refractivity contribution is 0.628. The van der Waals surface area contributed by atoms with Crippen molar-refractivity contribution < 1.29 is 4.42 Å². The fourth-order valence-electron chi connectivity index (χ4n) is 4.38. The third-order valence-electron chi connectivity index (χ3n) is 5.69. The Morgan fingerprint density at radius 1 is 0.963 bits per heavy atom. The molecule has 5 rings (SSSR count). The number of aryl methyl sites for hydroxylation is 2. The zero-order chi connectivity index (χ0) is 18.7. The van der Waals surface area contributed by atoms with E-state index in [-0.39, 0.29) is 6.17 Å². The van der Waals surface area contributed by atoms with Crippen LogP contribution in [0.4, 0.5) is 17.1 Å². The molecule has 3 heterocycles. The first-order valence-corrected chi connectivity index (χ1v) is 9.50. The molecule has 0 amide bonds. The van der Waals surface area contributed by atoms with Gasteiger partial charge in [-0.15, -0.1) is 0 Å². The number of pyridine rings is 1. The average molecular weight is 357 g/mol. The Morgan fingerprint density at radius 2 is 1.70 bits per heavy atom. The highest BCUT2D eigenvalue weighted by atomic mass is 16.3. The lowest BCUT2D eigenvalue weighted by Crippen LogP contribution is -2.38. The molecule has 0 aliphatic carbocycles. The van der Waals surface area contributed by atoms with Crippen molar-refractivity contribution in [2.45, 2.75) is 33.4 Å². The fraction of sp³-hybridized carbons (Fsp3) is 0.261. The van der Waals surface area contributed by atoms with Gasteiger partial charge in [0.15, 0.2) is 5.58 Å². The van der Waals surface area contributed by atoms with Gasteiger partial charge in [-0.25, -0.2) is 4.98 Å². The maximum atomic E-state index is 6.33. The summed E-state index contributed by atoms with van der Waals surface area (Å²) in [4.78, 5) is 9.41. The van der Waals surface area contributed by atoms with Crippen LogP contribution in [0.15, 0.2) is 52.9 Å². The molecule has 1 aliphatic rings. The smallest absolute Gasteiger partial charge is 0.227 e. The average Bonchev–Trinajstić information content (AvgIpc) is 3.16. The lowest BCUT2D eigenvalue weighted by Gasteiger charge is -2.31. The summed E-state index contributed by atoms with van der Waals surface area (Å²) in [6, 6.07) is 17.1. The monoisotopic (exact) mass is 357 g/mol. The van der Waals surface area contributed by atoms with Crippen LogP contribution in [0.5, 0.6) is 0 Å². The van der Waals surface area contributed by atoms with Crippen molar-refractivity contribution in [2.75, 3.05) is 16.8 Å². The zero-order valence-electron chi connectivity index (χ0n) is 16.2. The van der Waals surface area contributed by atoms with Crippen LogP contribution in [0, 0.1) is 13.8 Å². The molecular formula is C23H23N3O. The first-order chi connectivity index (χ1) is 13.1. The van der Waals surface area contributed by atoms with Gasteiger partial charge in [-0.05, 0) is 50.1 Å². The SMILES string of the molecule is CCC1N(C)c2ccccc2N1c1c(C)ccc2c1oc1nc(C)ccc12. The van der Waals surface area contributed by atoms with E-state index in [1.807, 2.05) is 13.0 Å². The molecule has 0 saturated heterocycles.